The molecule has 0 radical (unpaired) electrons. The molecule has 1 aromatic carbocycles. The van der Waals surface area contributed by atoms with Crippen molar-refractivity contribution in [1.29, 1.82) is 0 Å². The van der Waals surface area contributed by atoms with Crippen molar-refractivity contribution in [1.82, 2.24) is 10.2 Å². The fourth-order valence-corrected chi connectivity index (χ4v) is 2.57. The molecule has 1 aromatic rings. The van der Waals surface area contributed by atoms with E-state index >= 15 is 0 Å². The Kier molecular flexibility index (Phi) is 6.72. The third-order valence-electron chi connectivity index (χ3n) is 3.57. The standard InChI is InChI=1S/C14H18ClFN2O.ClH/c1-18(11-3-2-7-17-8-6-11)14(19)12-5-4-10(15)9-13(12)16;/h4-5,9,11,17H,2-3,6-8H2,1H3;1H. The van der Waals surface area contributed by atoms with Crippen LogP contribution in [0.5, 0.6) is 0 Å². The van der Waals surface area contributed by atoms with E-state index < -0.39 is 5.82 Å². The van der Waals surface area contributed by atoms with Crippen molar-refractivity contribution in [2.45, 2.75) is 25.3 Å². The molecule has 1 saturated heterocycles. The Labute approximate surface area is 129 Å². The Hall–Kier alpha value is -0.840. The van der Waals surface area contributed by atoms with Crippen molar-refractivity contribution in [2.75, 3.05) is 20.1 Å². The highest BCUT2D eigenvalue weighted by molar-refractivity contribution is 6.30. The van der Waals surface area contributed by atoms with E-state index in [4.69, 9.17) is 11.6 Å². The lowest BCUT2D eigenvalue weighted by molar-refractivity contribution is 0.0715. The minimum Gasteiger partial charge on any atom is -0.339 e. The molecule has 1 amide bonds. The van der Waals surface area contributed by atoms with Crippen LogP contribution >= 0.6 is 24.0 Å². The number of amides is 1. The molecule has 6 heteroatoms. The maximum Gasteiger partial charge on any atom is 0.256 e. The number of halogens is 3. The molecule has 1 N–H and O–H groups in total. The van der Waals surface area contributed by atoms with Gasteiger partial charge in [0.2, 0.25) is 0 Å². The Balaban J connectivity index is 0.00000200. The van der Waals surface area contributed by atoms with E-state index in [1.807, 2.05) is 0 Å². The second kappa shape index (κ2) is 7.81. The summed E-state index contributed by atoms with van der Waals surface area (Å²) in [7, 11) is 1.74. The topological polar surface area (TPSA) is 32.3 Å². The van der Waals surface area contributed by atoms with Gasteiger partial charge in [-0.15, -0.1) is 12.4 Å². The number of hydrogen-bond acceptors (Lipinski definition) is 2. The first-order chi connectivity index (χ1) is 9.09. The molecule has 112 valence electrons. The van der Waals surface area contributed by atoms with Gasteiger partial charge in [0.25, 0.3) is 5.91 Å². The zero-order chi connectivity index (χ0) is 13.8. The number of nitrogens with one attached hydrogen (secondary N) is 1. The van der Waals surface area contributed by atoms with Gasteiger partial charge in [-0.05, 0) is 50.6 Å². The number of carbonyl (C=O) groups is 1. The van der Waals surface area contributed by atoms with E-state index in [0.717, 1.165) is 32.4 Å². The van der Waals surface area contributed by atoms with Crippen LogP contribution in [0.3, 0.4) is 0 Å². The smallest absolute Gasteiger partial charge is 0.256 e. The van der Waals surface area contributed by atoms with E-state index in [2.05, 4.69) is 5.32 Å². The molecule has 1 heterocycles. The molecule has 0 spiro atoms. The van der Waals surface area contributed by atoms with Crippen molar-refractivity contribution in [3.05, 3.63) is 34.6 Å². The molecule has 1 atom stereocenters. The Morgan fingerprint density at radius 1 is 1.40 bits per heavy atom. The molecule has 1 fully saturated rings. The maximum atomic E-state index is 13.8. The summed E-state index contributed by atoms with van der Waals surface area (Å²) in [4.78, 5) is 14.0. The minimum atomic E-state index is -0.559. The average Bonchev–Trinajstić information content (AvgIpc) is 2.66. The predicted octanol–water partition coefficient (Wildman–Crippen LogP) is 3.12. The van der Waals surface area contributed by atoms with Crippen molar-refractivity contribution < 1.29 is 9.18 Å². The van der Waals surface area contributed by atoms with Gasteiger partial charge >= 0.3 is 0 Å². The van der Waals surface area contributed by atoms with Crippen LogP contribution < -0.4 is 5.32 Å². The Morgan fingerprint density at radius 2 is 2.15 bits per heavy atom. The highest BCUT2D eigenvalue weighted by Gasteiger charge is 2.23. The molecule has 0 aliphatic carbocycles. The summed E-state index contributed by atoms with van der Waals surface area (Å²) in [5.41, 5.74) is 0.0871. The molecule has 3 nitrogen and oxygen atoms in total. The van der Waals surface area contributed by atoms with Crippen LogP contribution in [0.15, 0.2) is 18.2 Å². The van der Waals surface area contributed by atoms with Gasteiger partial charge < -0.3 is 10.2 Å². The summed E-state index contributed by atoms with van der Waals surface area (Å²) < 4.78 is 13.8. The highest BCUT2D eigenvalue weighted by atomic mass is 35.5. The average molecular weight is 321 g/mol. The van der Waals surface area contributed by atoms with E-state index in [0.29, 0.717) is 5.02 Å². The summed E-state index contributed by atoms with van der Waals surface area (Å²) in [6, 6.07) is 4.33. The molecular weight excluding hydrogens is 302 g/mol. The van der Waals surface area contributed by atoms with Crippen LogP contribution in [0.2, 0.25) is 5.02 Å². The highest BCUT2D eigenvalue weighted by Crippen LogP contribution is 2.19. The monoisotopic (exact) mass is 320 g/mol. The van der Waals surface area contributed by atoms with E-state index in [1.54, 1.807) is 18.0 Å². The number of carbonyl (C=O) groups excluding carboxylic acids is 1. The molecule has 1 unspecified atom stereocenters. The van der Waals surface area contributed by atoms with Gasteiger partial charge in [0.05, 0.1) is 5.56 Å². The van der Waals surface area contributed by atoms with Crippen molar-refractivity contribution in [3.63, 3.8) is 0 Å². The Bertz CT molecular complexity index is 462. The van der Waals surface area contributed by atoms with Gasteiger partial charge in [-0.2, -0.15) is 0 Å². The summed E-state index contributed by atoms with van der Waals surface area (Å²) in [6.45, 7) is 1.87. The van der Waals surface area contributed by atoms with Gasteiger partial charge in [-0.1, -0.05) is 11.6 Å². The third-order valence-corrected chi connectivity index (χ3v) is 3.81. The summed E-state index contributed by atoms with van der Waals surface area (Å²) in [5.74, 6) is -0.836. The molecule has 0 bridgehead atoms. The molecular formula is C14H19Cl2FN2O. The molecule has 2 rings (SSSR count). The first-order valence-electron chi connectivity index (χ1n) is 6.52. The summed E-state index contributed by atoms with van der Waals surface area (Å²) in [6.07, 6.45) is 2.88. The van der Waals surface area contributed by atoms with Crippen LogP contribution in [0.4, 0.5) is 4.39 Å². The molecule has 0 aromatic heterocycles. The van der Waals surface area contributed by atoms with Crippen LogP contribution in [0.1, 0.15) is 29.6 Å². The normalized spacial score (nSPS) is 18.9. The van der Waals surface area contributed by atoms with E-state index in [1.165, 1.54) is 12.1 Å². The number of rotatable bonds is 2. The van der Waals surface area contributed by atoms with E-state index in [-0.39, 0.29) is 29.9 Å². The zero-order valence-electron chi connectivity index (χ0n) is 11.4. The number of benzene rings is 1. The fraction of sp³-hybridized carbons (Fsp3) is 0.500. The zero-order valence-corrected chi connectivity index (χ0v) is 12.9. The summed E-state index contributed by atoms with van der Waals surface area (Å²) >= 11 is 5.70. The molecule has 20 heavy (non-hydrogen) atoms. The van der Waals surface area contributed by atoms with Crippen LogP contribution in [0, 0.1) is 5.82 Å². The fourth-order valence-electron chi connectivity index (χ4n) is 2.41. The van der Waals surface area contributed by atoms with Gasteiger partial charge in [0.15, 0.2) is 0 Å². The van der Waals surface area contributed by atoms with Crippen molar-refractivity contribution in [2.24, 2.45) is 0 Å². The largest absolute Gasteiger partial charge is 0.339 e. The van der Waals surface area contributed by atoms with Crippen molar-refractivity contribution >= 4 is 29.9 Å². The van der Waals surface area contributed by atoms with E-state index in [9.17, 15) is 9.18 Å². The Morgan fingerprint density at radius 3 is 2.85 bits per heavy atom. The summed E-state index contributed by atoms with van der Waals surface area (Å²) in [5, 5.41) is 3.60. The van der Waals surface area contributed by atoms with Crippen LogP contribution in [-0.4, -0.2) is 37.0 Å². The lowest BCUT2D eigenvalue weighted by atomic mass is 10.1. The molecule has 1 aliphatic rings. The first-order valence-corrected chi connectivity index (χ1v) is 6.90. The van der Waals surface area contributed by atoms with Gasteiger partial charge in [0, 0.05) is 18.1 Å². The lowest BCUT2D eigenvalue weighted by Crippen LogP contribution is -2.38. The van der Waals surface area contributed by atoms with Gasteiger partial charge in [-0.3, -0.25) is 4.79 Å². The minimum absolute atomic E-state index is 0. The van der Waals surface area contributed by atoms with Crippen LogP contribution in [-0.2, 0) is 0 Å². The number of hydrogen-bond donors (Lipinski definition) is 1. The molecule has 1 aliphatic heterocycles. The number of nitrogens with zero attached hydrogens (tertiary/aromatic N) is 1. The van der Waals surface area contributed by atoms with Crippen LogP contribution in [0.25, 0.3) is 0 Å². The second-order valence-corrected chi connectivity index (χ2v) is 5.31. The lowest BCUT2D eigenvalue weighted by Gasteiger charge is -2.27. The molecule has 0 saturated carbocycles. The maximum absolute atomic E-state index is 13.8. The predicted molar refractivity (Wildman–Crippen MR) is 81.3 cm³/mol. The van der Waals surface area contributed by atoms with Gasteiger partial charge in [0.1, 0.15) is 5.82 Å². The SMILES string of the molecule is CN(C(=O)c1ccc(Cl)cc1F)C1CCCNCC1.Cl. The quantitative estimate of drug-likeness (QED) is 0.908. The second-order valence-electron chi connectivity index (χ2n) is 4.87. The van der Waals surface area contributed by atoms with Crippen molar-refractivity contribution in [3.8, 4) is 0 Å². The first kappa shape index (κ1) is 17.2. The third kappa shape index (κ3) is 4.08. The van der Waals surface area contributed by atoms with Gasteiger partial charge in [-0.25, -0.2) is 4.39 Å².